The number of aromatic nitrogens is 1. The van der Waals surface area contributed by atoms with Gasteiger partial charge in [-0.2, -0.15) is 0 Å². The second-order valence-corrected chi connectivity index (χ2v) is 4.86. The molecule has 0 atom stereocenters. The first kappa shape index (κ1) is 15.4. The summed E-state index contributed by atoms with van der Waals surface area (Å²) in [5.41, 5.74) is 3.78. The monoisotopic (exact) mass is 259 g/mol. The van der Waals surface area contributed by atoms with Gasteiger partial charge in [-0.15, -0.1) is 0 Å². The summed E-state index contributed by atoms with van der Waals surface area (Å²) in [7, 11) is 2.15. The normalized spacial score (nSPS) is 12.6. The van der Waals surface area contributed by atoms with Gasteiger partial charge in [-0.1, -0.05) is 19.1 Å². The first-order valence-electron chi connectivity index (χ1n) is 6.78. The highest BCUT2D eigenvalue weighted by atomic mass is 15.1. The third-order valence-electron chi connectivity index (χ3n) is 3.38. The fraction of sp³-hybridized carbons (Fsp3) is 0.438. The maximum absolute atomic E-state index is 6.95. The molecule has 0 bridgehead atoms. The lowest BCUT2D eigenvalue weighted by Crippen LogP contribution is -2.22. The highest BCUT2D eigenvalue weighted by molar-refractivity contribution is 5.71. The molecule has 0 unspecified atom stereocenters. The molecule has 1 N–H and O–H groups in total. The lowest BCUT2D eigenvalue weighted by Gasteiger charge is -2.14. The van der Waals surface area contributed by atoms with Crippen molar-refractivity contribution in [1.29, 1.82) is 5.41 Å². The number of hydrogen-bond acceptors (Lipinski definition) is 2. The van der Waals surface area contributed by atoms with Gasteiger partial charge in [-0.25, -0.2) is 0 Å². The summed E-state index contributed by atoms with van der Waals surface area (Å²) in [5.74, 6) is 0. The largest absolute Gasteiger partial charge is 0.350 e. The lowest BCUT2D eigenvalue weighted by atomic mass is 10.1. The Morgan fingerprint density at radius 2 is 2.16 bits per heavy atom. The molecule has 3 heteroatoms. The molecule has 0 fully saturated rings. The van der Waals surface area contributed by atoms with Crippen molar-refractivity contribution in [3.05, 3.63) is 41.7 Å². The quantitative estimate of drug-likeness (QED) is 0.591. The highest BCUT2D eigenvalue weighted by Gasteiger charge is 2.04. The van der Waals surface area contributed by atoms with E-state index in [4.69, 9.17) is 5.41 Å². The van der Waals surface area contributed by atoms with Crippen LogP contribution in [0.2, 0.25) is 0 Å². The second-order valence-electron chi connectivity index (χ2n) is 4.86. The average molecular weight is 259 g/mol. The minimum absolute atomic E-state index is 1.03. The molecule has 19 heavy (non-hydrogen) atoms. The molecule has 0 amide bonds. The number of nitrogens with zero attached hydrogens (tertiary/aromatic N) is 2. The van der Waals surface area contributed by atoms with Crippen LogP contribution in [0.1, 0.15) is 25.1 Å². The molecule has 1 aromatic heterocycles. The molecule has 0 radical (unpaired) electrons. The van der Waals surface area contributed by atoms with E-state index in [1.807, 2.05) is 12.2 Å². The van der Waals surface area contributed by atoms with Crippen LogP contribution in [0.15, 0.2) is 30.5 Å². The summed E-state index contributed by atoms with van der Waals surface area (Å²) < 4.78 is 2.30. The van der Waals surface area contributed by atoms with Gasteiger partial charge in [0.1, 0.15) is 0 Å². The molecule has 0 saturated carbocycles. The Balaban J connectivity index is 2.75. The van der Waals surface area contributed by atoms with Crippen LogP contribution in [0.4, 0.5) is 0 Å². The summed E-state index contributed by atoms with van der Waals surface area (Å²) in [6.07, 6.45) is 9.18. The summed E-state index contributed by atoms with van der Waals surface area (Å²) >= 11 is 0. The Hall–Kier alpha value is -1.61. The van der Waals surface area contributed by atoms with Crippen LogP contribution in [0.25, 0.3) is 5.57 Å². The first-order chi connectivity index (χ1) is 9.08. The third-order valence-corrected chi connectivity index (χ3v) is 3.38. The molecular weight excluding hydrogens is 234 g/mol. The molecule has 1 heterocycles. The predicted octanol–water partition coefficient (Wildman–Crippen LogP) is 3.36. The van der Waals surface area contributed by atoms with Crippen molar-refractivity contribution in [2.75, 3.05) is 20.1 Å². The van der Waals surface area contributed by atoms with Gasteiger partial charge in [-0.3, -0.25) is 0 Å². The van der Waals surface area contributed by atoms with Crippen LogP contribution in [0, 0.1) is 12.3 Å². The molecule has 0 aliphatic rings. The summed E-state index contributed by atoms with van der Waals surface area (Å²) in [4.78, 5) is 2.31. The minimum Gasteiger partial charge on any atom is -0.350 e. The van der Waals surface area contributed by atoms with Crippen LogP contribution < -0.4 is 0 Å². The van der Waals surface area contributed by atoms with E-state index in [0.717, 1.165) is 19.6 Å². The van der Waals surface area contributed by atoms with Crippen molar-refractivity contribution < 1.29 is 0 Å². The molecule has 0 spiro atoms. The molecule has 1 rings (SSSR count). The van der Waals surface area contributed by atoms with Gasteiger partial charge in [0.25, 0.3) is 0 Å². The van der Waals surface area contributed by atoms with Crippen LogP contribution in [-0.2, 0) is 6.54 Å². The molecule has 0 aromatic carbocycles. The summed E-state index contributed by atoms with van der Waals surface area (Å²) in [5, 5.41) is 6.95. The van der Waals surface area contributed by atoms with Gasteiger partial charge in [0.2, 0.25) is 0 Å². The van der Waals surface area contributed by atoms with E-state index in [0.29, 0.717) is 0 Å². The third kappa shape index (κ3) is 4.87. The number of likely N-dealkylation sites (N-methyl/N-ethyl adjacent to an activating group) is 1. The Kier molecular flexibility index (Phi) is 6.30. The number of hydrogen-bond donors (Lipinski definition) is 1. The number of rotatable bonds is 7. The molecule has 0 saturated heterocycles. The zero-order valence-corrected chi connectivity index (χ0v) is 12.5. The maximum Gasteiger partial charge on any atom is 0.0350 e. The fourth-order valence-corrected chi connectivity index (χ4v) is 1.86. The lowest BCUT2D eigenvalue weighted by molar-refractivity contribution is 0.334. The summed E-state index contributed by atoms with van der Waals surface area (Å²) in [6.45, 7) is 9.61. The molecule has 1 aromatic rings. The number of aryl methyl sites for hydroxylation is 1. The zero-order chi connectivity index (χ0) is 14.3. The molecule has 0 aliphatic heterocycles. The van der Waals surface area contributed by atoms with E-state index >= 15 is 0 Å². The van der Waals surface area contributed by atoms with Gasteiger partial charge in [0.15, 0.2) is 0 Å². The van der Waals surface area contributed by atoms with Gasteiger partial charge in [-0.05, 0) is 50.7 Å². The second kappa shape index (κ2) is 7.74. The van der Waals surface area contributed by atoms with Gasteiger partial charge >= 0.3 is 0 Å². The van der Waals surface area contributed by atoms with E-state index in [2.05, 4.69) is 49.5 Å². The Morgan fingerprint density at radius 3 is 2.79 bits per heavy atom. The fourth-order valence-electron chi connectivity index (χ4n) is 1.86. The first-order valence-corrected chi connectivity index (χ1v) is 6.78. The SMILES string of the molecule is CCN(C)CCn1cc(/C(C)=C/C=C\C=N)cc1C. The van der Waals surface area contributed by atoms with Gasteiger partial charge in [0, 0.05) is 31.2 Å². The standard InChI is InChI=1S/C16H25N3/c1-5-18(4)10-11-19-13-16(12-15(19)3)14(2)8-6-7-9-17/h6-9,12-13,17H,5,10-11H2,1-4H3/b7-6-,14-8+,17-9?. The van der Waals surface area contributed by atoms with Gasteiger partial charge in [0.05, 0.1) is 0 Å². The van der Waals surface area contributed by atoms with Crippen LogP contribution in [-0.4, -0.2) is 35.8 Å². The van der Waals surface area contributed by atoms with Crippen molar-refractivity contribution in [1.82, 2.24) is 9.47 Å². The highest BCUT2D eigenvalue weighted by Crippen LogP contribution is 2.17. The van der Waals surface area contributed by atoms with Crippen LogP contribution >= 0.6 is 0 Å². The minimum atomic E-state index is 1.03. The van der Waals surface area contributed by atoms with Crippen molar-refractivity contribution in [2.45, 2.75) is 27.3 Å². The van der Waals surface area contributed by atoms with Gasteiger partial charge < -0.3 is 14.9 Å². The van der Waals surface area contributed by atoms with E-state index in [-0.39, 0.29) is 0 Å². The maximum atomic E-state index is 6.95. The summed E-state index contributed by atoms with van der Waals surface area (Å²) in [6, 6.07) is 2.22. The average Bonchev–Trinajstić information content (AvgIpc) is 2.77. The predicted molar refractivity (Wildman–Crippen MR) is 83.9 cm³/mol. The van der Waals surface area contributed by atoms with E-state index in [1.54, 1.807) is 6.08 Å². The van der Waals surface area contributed by atoms with Crippen molar-refractivity contribution in [3.63, 3.8) is 0 Å². The molecular formula is C16H25N3. The Bertz CT molecular complexity index is 466. The Morgan fingerprint density at radius 1 is 1.42 bits per heavy atom. The number of allylic oxidation sites excluding steroid dienone is 4. The zero-order valence-electron chi connectivity index (χ0n) is 12.5. The van der Waals surface area contributed by atoms with E-state index in [9.17, 15) is 0 Å². The Labute approximate surface area is 116 Å². The van der Waals surface area contributed by atoms with E-state index in [1.165, 1.54) is 23.0 Å². The molecule has 0 aliphatic carbocycles. The molecule has 3 nitrogen and oxygen atoms in total. The van der Waals surface area contributed by atoms with Crippen molar-refractivity contribution in [2.24, 2.45) is 0 Å². The van der Waals surface area contributed by atoms with Crippen LogP contribution in [0.5, 0.6) is 0 Å². The number of nitrogens with one attached hydrogen (secondary N) is 1. The van der Waals surface area contributed by atoms with Crippen LogP contribution in [0.3, 0.4) is 0 Å². The molecule has 104 valence electrons. The smallest absolute Gasteiger partial charge is 0.0350 e. The van der Waals surface area contributed by atoms with Crippen molar-refractivity contribution >= 4 is 11.8 Å². The van der Waals surface area contributed by atoms with Crippen molar-refractivity contribution in [3.8, 4) is 0 Å². The van der Waals surface area contributed by atoms with E-state index < -0.39 is 0 Å². The topological polar surface area (TPSA) is 32.0 Å².